The molecule has 94 valence electrons. The Balaban J connectivity index is 1.98. The van der Waals surface area contributed by atoms with Gasteiger partial charge in [-0.05, 0) is 30.2 Å². The monoisotopic (exact) mass is 250 g/mol. The number of fused-ring (bicyclic) bond motifs is 1. The van der Waals surface area contributed by atoms with Gasteiger partial charge in [-0.1, -0.05) is 36.4 Å². The smallest absolute Gasteiger partial charge is 0.163 e. The van der Waals surface area contributed by atoms with E-state index in [1.807, 2.05) is 55.5 Å². The number of benzene rings is 2. The maximum atomic E-state index is 11.7. The van der Waals surface area contributed by atoms with Gasteiger partial charge in [0.05, 0.1) is 0 Å². The van der Waals surface area contributed by atoms with Gasteiger partial charge in [0, 0.05) is 18.1 Å². The molecule has 0 unspecified atom stereocenters. The highest BCUT2D eigenvalue weighted by molar-refractivity contribution is 6.00. The molecule has 19 heavy (non-hydrogen) atoms. The first-order valence-electron chi connectivity index (χ1n) is 6.30. The predicted octanol–water partition coefficient (Wildman–Crippen LogP) is 3.54. The summed E-state index contributed by atoms with van der Waals surface area (Å²) in [6, 6.07) is 15.7. The molecule has 2 aromatic rings. The lowest BCUT2D eigenvalue weighted by Crippen LogP contribution is -2.12. The number of ketones is 1. The average Bonchev–Trinajstić information content (AvgIpc) is 2.38. The molecule has 0 atom stereocenters. The lowest BCUT2D eigenvalue weighted by atomic mass is 9.95. The zero-order chi connectivity index (χ0) is 13.2. The molecule has 0 fully saturated rings. The van der Waals surface area contributed by atoms with Gasteiger partial charge in [0.1, 0.15) is 11.5 Å². The van der Waals surface area contributed by atoms with Crippen molar-refractivity contribution in [3.63, 3.8) is 0 Å². The molecule has 0 N–H and O–H groups in total. The normalized spacial score (nSPS) is 13.7. The van der Waals surface area contributed by atoms with Crippen LogP contribution in [0.3, 0.4) is 0 Å². The van der Waals surface area contributed by atoms with Crippen LogP contribution in [0.25, 0.3) is 5.76 Å². The van der Waals surface area contributed by atoms with Crippen LogP contribution in [0.2, 0.25) is 0 Å². The zero-order valence-corrected chi connectivity index (χ0v) is 10.7. The Labute approximate surface area is 112 Å². The van der Waals surface area contributed by atoms with Crippen LogP contribution in [0.15, 0.2) is 54.6 Å². The van der Waals surface area contributed by atoms with Crippen LogP contribution in [0.1, 0.15) is 16.7 Å². The highest BCUT2D eigenvalue weighted by Crippen LogP contribution is 2.28. The fourth-order valence-electron chi connectivity index (χ4n) is 2.27. The van der Waals surface area contributed by atoms with E-state index in [1.165, 1.54) is 0 Å². The SMILES string of the molecule is Cc1cccc(OC2=CC(=O)Cc3ccccc32)c1. The summed E-state index contributed by atoms with van der Waals surface area (Å²) in [6.45, 7) is 2.02. The average molecular weight is 250 g/mol. The van der Waals surface area contributed by atoms with Gasteiger partial charge in [0.25, 0.3) is 0 Å². The molecule has 2 nitrogen and oxygen atoms in total. The number of ether oxygens (including phenoxy) is 1. The van der Waals surface area contributed by atoms with Crippen molar-refractivity contribution in [2.24, 2.45) is 0 Å². The number of hydrogen-bond acceptors (Lipinski definition) is 2. The molecule has 2 aromatic carbocycles. The minimum absolute atomic E-state index is 0.0846. The van der Waals surface area contributed by atoms with Crippen LogP contribution < -0.4 is 4.74 Å². The highest BCUT2D eigenvalue weighted by atomic mass is 16.5. The van der Waals surface area contributed by atoms with Crippen molar-refractivity contribution >= 4 is 11.5 Å². The number of carbonyl (C=O) groups is 1. The first-order valence-corrected chi connectivity index (χ1v) is 6.30. The summed E-state index contributed by atoms with van der Waals surface area (Å²) in [5.41, 5.74) is 3.16. The molecule has 3 rings (SSSR count). The number of rotatable bonds is 2. The predicted molar refractivity (Wildman–Crippen MR) is 74.9 cm³/mol. The highest BCUT2D eigenvalue weighted by Gasteiger charge is 2.18. The Hall–Kier alpha value is -2.35. The molecule has 0 amide bonds. The third kappa shape index (κ3) is 2.43. The van der Waals surface area contributed by atoms with Crippen LogP contribution in [0.5, 0.6) is 5.75 Å². The van der Waals surface area contributed by atoms with Gasteiger partial charge < -0.3 is 4.74 Å². The fourth-order valence-corrected chi connectivity index (χ4v) is 2.27. The number of hydrogen-bond donors (Lipinski definition) is 0. The van der Waals surface area contributed by atoms with Gasteiger partial charge in [0.2, 0.25) is 0 Å². The molecule has 0 saturated carbocycles. The van der Waals surface area contributed by atoms with Crippen molar-refractivity contribution in [2.45, 2.75) is 13.3 Å². The van der Waals surface area contributed by atoms with E-state index < -0.39 is 0 Å². The van der Waals surface area contributed by atoms with Crippen molar-refractivity contribution in [3.8, 4) is 5.75 Å². The molecular weight excluding hydrogens is 236 g/mol. The second-order valence-corrected chi connectivity index (χ2v) is 4.73. The maximum absolute atomic E-state index is 11.7. The van der Waals surface area contributed by atoms with E-state index in [4.69, 9.17) is 4.74 Å². The van der Waals surface area contributed by atoms with E-state index in [-0.39, 0.29) is 5.78 Å². The summed E-state index contributed by atoms with van der Waals surface area (Å²) in [7, 11) is 0. The number of aryl methyl sites for hydroxylation is 1. The van der Waals surface area contributed by atoms with E-state index in [0.717, 1.165) is 22.4 Å². The van der Waals surface area contributed by atoms with E-state index in [2.05, 4.69) is 0 Å². The molecule has 0 spiro atoms. The molecule has 0 aliphatic heterocycles. The topological polar surface area (TPSA) is 26.3 Å². The van der Waals surface area contributed by atoms with Gasteiger partial charge in [-0.2, -0.15) is 0 Å². The largest absolute Gasteiger partial charge is 0.457 e. The van der Waals surface area contributed by atoms with Gasteiger partial charge in [-0.15, -0.1) is 0 Å². The fraction of sp³-hybridized carbons (Fsp3) is 0.118. The molecule has 0 radical (unpaired) electrons. The second kappa shape index (κ2) is 4.73. The zero-order valence-electron chi connectivity index (χ0n) is 10.7. The molecule has 2 heteroatoms. The van der Waals surface area contributed by atoms with E-state index in [9.17, 15) is 4.79 Å². The van der Waals surface area contributed by atoms with E-state index >= 15 is 0 Å². The molecular formula is C17H14O2. The first-order chi connectivity index (χ1) is 9.22. The van der Waals surface area contributed by atoms with Gasteiger partial charge in [-0.25, -0.2) is 0 Å². The summed E-state index contributed by atoms with van der Waals surface area (Å²) >= 11 is 0. The van der Waals surface area contributed by atoms with Crippen molar-refractivity contribution in [1.29, 1.82) is 0 Å². The molecule has 0 aromatic heterocycles. The Morgan fingerprint density at radius 1 is 1.05 bits per heavy atom. The van der Waals surface area contributed by atoms with Crippen LogP contribution >= 0.6 is 0 Å². The van der Waals surface area contributed by atoms with Crippen molar-refractivity contribution in [1.82, 2.24) is 0 Å². The molecule has 0 bridgehead atoms. The first kappa shape index (κ1) is 11.7. The second-order valence-electron chi connectivity index (χ2n) is 4.73. The van der Waals surface area contributed by atoms with Crippen molar-refractivity contribution in [3.05, 3.63) is 71.3 Å². The summed E-state index contributed by atoms with van der Waals surface area (Å²) < 4.78 is 5.87. The number of allylic oxidation sites excluding steroid dienone is 1. The Bertz CT molecular complexity index is 668. The third-order valence-corrected chi connectivity index (χ3v) is 3.16. The van der Waals surface area contributed by atoms with Gasteiger partial charge in [0.15, 0.2) is 5.78 Å². The summed E-state index contributed by atoms with van der Waals surface area (Å²) in [5.74, 6) is 1.48. The lowest BCUT2D eigenvalue weighted by molar-refractivity contribution is -0.114. The molecule has 1 aliphatic rings. The molecule has 0 saturated heterocycles. The third-order valence-electron chi connectivity index (χ3n) is 3.16. The van der Waals surface area contributed by atoms with Crippen molar-refractivity contribution in [2.75, 3.05) is 0 Å². The lowest BCUT2D eigenvalue weighted by Gasteiger charge is -2.17. The Kier molecular flexibility index (Phi) is 2.92. The Morgan fingerprint density at radius 2 is 1.89 bits per heavy atom. The van der Waals surface area contributed by atoms with E-state index in [1.54, 1.807) is 6.08 Å². The maximum Gasteiger partial charge on any atom is 0.163 e. The van der Waals surface area contributed by atoms with Crippen LogP contribution in [0, 0.1) is 6.92 Å². The van der Waals surface area contributed by atoms with Crippen LogP contribution in [-0.2, 0) is 11.2 Å². The number of carbonyl (C=O) groups excluding carboxylic acids is 1. The standard InChI is InChI=1S/C17H14O2/c1-12-5-4-7-15(9-12)19-17-11-14(18)10-13-6-2-3-8-16(13)17/h2-9,11H,10H2,1H3. The van der Waals surface area contributed by atoms with Crippen LogP contribution in [0.4, 0.5) is 0 Å². The van der Waals surface area contributed by atoms with Crippen LogP contribution in [-0.4, -0.2) is 5.78 Å². The Morgan fingerprint density at radius 3 is 2.74 bits per heavy atom. The van der Waals surface area contributed by atoms with Gasteiger partial charge in [-0.3, -0.25) is 4.79 Å². The van der Waals surface area contributed by atoms with Crippen molar-refractivity contribution < 1.29 is 9.53 Å². The molecule has 1 aliphatic carbocycles. The summed E-state index contributed by atoms with van der Waals surface area (Å²) in [5, 5.41) is 0. The van der Waals surface area contributed by atoms with Gasteiger partial charge >= 0.3 is 0 Å². The quantitative estimate of drug-likeness (QED) is 0.815. The van der Waals surface area contributed by atoms with E-state index in [0.29, 0.717) is 12.2 Å². The minimum Gasteiger partial charge on any atom is -0.457 e. The summed E-state index contributed by atoms with van der Waals surface area (Å²) in [4.78, 5) is 11.7. The summed E-state index contributed by atoms with van der Waals surface area (Å²) in [6.07, 6.45) is 2.04. The minimum atomic E-state index is 0.0846. The molecule has 0 heterocycles.